The maximum atomic E-state index is 13.4. The molecule has 4 rings (SSSR count). The van der Waals surface area contributed by atoms with Gasteiger partial charge in [-0.3, -0.25) is 4.79 Å². The molecular formula is C20H16ClFN2OS. The number of hydrogen-bond acceptors (Lipinski definition) is 3. The molecule has 3 nitrogen and oxygen atoms in total. The molecule has 1 saturated carbocycles. The van der Waals surface area contributed by atoms with E-state index in [1.54, 1.807) is 6.07 Å². The maximum absolute atomic E-state index is 13.4. The van der Waals surface area contributed by atoms with Crippen molar-refractivity contribution < 1.29 is 9.18 Å². The van der Waals surface area contributed by atoms with E-state index >= 15 is 0 Å². The fourth-order valence-electron chi connectivity index (χ4n) is 3.00. The molecule has 3 aromatic rings. The third-order valence-corrected chi connectivity index (χ3v) is 5.68. The van der Waals surface area contributed by atoms with Crippen LogP contribution >= 0.6 is 22.9 Å². The molecule has 0 radical (unpaired) electrons. The highest BCUT2D eigenvalue weighted by molar-refractivity contribution is 7.13. The minimum atomic E-state index is -0.296. The van der Waals surface area contributed by atoms with Crippen molar-refractivity contribution in [2.24, 2.45) is 0 Å². The number of halogens is 2. The molecule has 0 bridgehead atoms. The van der Waals surface area contributed by atoms with Gasteiger partial charge in [-0.05, 0) is 42.7 Å². The highest BCUT2D eigenvalue weighted by atomic mass is 35.5. The standard InChI is InChI=1S/C20H16ClFN2OS/c21-15-6-4-14(5-7-15)20(8-9-20)24-18(25)11-17-12-26-19(23-17)13-2-1-3-16(22)10-13/h1-7,10,12H,8-9,11H2,(H,24,25). The van der Waals surface area contributed by atoms with Crippen LogP contribution in [0.25, 0.3) is 10.6 Å². The van der Waals surface area contributed by atoms with Gasteiger partial charge in [0.1, 0.15) is 10.8 Å². The van der Waals surface area contributed by atoms with Gasteiger partial charge in [0.15, 0.2) is 0 Å². The number of hydrogen-bond donors (Lipinski definition) is 1. The first-order chi connectivity index (χ1) is 12.5. The molecule has 1 aromatic heterocycles. The second-order valence-electron chi connectivity index (χ2n) is 6.47. The lowest BCUT2D eigenvalue weighted by molar-refractivity contribution is -0.121. The van der Waals surface area contributed by atoms with Crippen LogP contribution < -0.4 is 5.32 Å². The van der Waals surface area contributed by atoms with E-state index in [-0.39, 0.29) is 23.7 Å². The summed E-state index contributed by atoms with van der Waals surface area (Å²) in [6.07, 6.45) is 2.05. The van der Waals surface area contributed by atoms with Gasteiger partial charge in [-0.2, -0.15) is 0 Å². The molecule has 26 heavy (non-hydrogen) atoms. The highest BCUT2D eigenvalue weighted by Gasteiger charge is 2.45. The monoisotopic (exact) mass is 386 g/mol. The summed E-state index contributed by atoms with van der Waals surface area (Å²) in [5.74, 6) is -0.357. The summed E-state index contributed by atoms with van der Waals surface area (Å²) in [6, 6.07) is 13.9. The molecule has 0 spiro atoms. The van der Waals surface area contributed by atoms with E-state index in [1.807, 2.05) is 35.7 Å². The van der Waals surface area contributed by atoms with E-state index in [0.29, 0.717) is 15.7 Å². The fraction of sp³-hybridized carbons (Fsp3) is 0.200. The molecule has 1 fully saturated rings. The van der Waals surface area contributed by atoms with Crippen LogP contribution in [0.15, 0.2) is 53.9 Å². The predicted octanol–water partition coefficient (Wildman–Crippen LogP) is 4.95. The van der Waals surface area contributed by atoms with Crippen molar-refractivity contribution in [2.45, 2.75) is 24.8 Å². The highest BCUT2D eigenvalue weighted by Crippen LogP contribution is 2.45. The Morgan fingerprint density at radius 2 is 2.00 bits per heavy atom. The lowest BCUT2D eigenvalue weighted by atomic mass is 10.0. The first kappa shape index (κ1) is 17.2. The van der Waals surface area contributed by atoms with Crippen LogP contribution in [0.5, 0.6) is 0 Å². The normalized spacial score (nSPS) is 14.8. The Balaban J connectivity index is 1.43. The van der Waals surface area contributed by atoms with E-state index in [9.17, 15) is 9.18 Å². The van der Waals surface area contributed by atoms with E-state index in [2.05, 4.69) is 10.3 Å². The molecule has 2 aromatic carbocycles. The SMILES string of the molecule is O=C(Cc1csc(-c2cccc(F)c2)n1)NC1(c2ccc(Cl)cc2)CC1. The van der Waals surface area contributed by atoms with Crippen LogP contribution in [0.1, 0.15) is 24.1 Å². The second-order valence-corrected chi connectivity index (χ2v) is 7.76. The third-order valence-electron chi connectivity index (χ3n) is 4.49. The summed E-state index contributed by atoms with van der Waals surface area (Å²) in [6.45, 7) is 0. The van der Waals surface area contributed by atoms with Crippen LogP contribution in [0.2, 0.25) is 5.02 Å². The van der Waals surface area contributed by atoms with Crippen molar-refractivity contribution in [3.63, 3.8) is 0 Å². The Morgan fingerprint density at radius 1 is 1.23 bits per heavy atom. The molecule has 6 heteroatoms. The zero-order valence-corrected chi connectivity index (χ0v) is 15.4. The van der Waals surface area contributed by atoms with Crippen LogP contribution in [0.3, 0.4) is 0 Å². The molecule has 1 aliphatic rings. The van der Waals surface area contributed by atoms with Gasteiger partial charge in [0.25, 0.3) is 0 Å². The van der Waals surface area contributed by atoms with Crippen molar-refractivity contribution in [1.82, 2.24) is 10.3 Å². The lowest BCUT2D eigenvalue weighted by Gasteiger charge is -2.17. The minimum absolute atomic E-state index is 0.0615. The number of thiazole rings is 1. The number of aromatic nitrogens is 1. The van der Waals surface area contributed by atoms with Gasteiger partial charge < -0.3 is 5.32 Å². The first-order valence-electron chi connectivity index (χ1n) is 8.31. The van der Waals surface area contributed by atoms with Gasteiger partial charge in [0.05, 0.1) is 17.7 Å². The Labute approximate surface area is 159 Å². The van der Waals surface area contributed by atoms with Gasteiger partial charge in [-0.15, -0.1) is 11.3 Å². The largest absolute Gasteiger partial charge is 0.346 e. The van der Waals surface area contributed by atoms with Crippen molar-refractivity contribution in [1.29, 1.82) is 0 Å². The van der Waals surface area contributed by atoms with Gasteiger partial charge in [0.2, 0.25) is 5.91 Å². The average Bonchev–Trinajstić information content (AvgIpc) is 3.24. The quantitative estimate of drug-likeness (QED) is 0.674. The summed E-state index contributed by atoms with van der Waals surface area (Å²) in [7, 11) is 0. The van der Waals surface area contributed by atoms with Gasteiger partial charge in [-0.25, -0.2) is 9.37 Å². The van der Waals surface area contributed by atoms with Gasteiger partial charge in [0, 0.05) is 16.0 Å². The first-order valence-corrected chi connectivity index (χ1v) is 9.57. The van der Waals surface area contributed by atoms with E-state index in [0.717, 1.165) is 24.0 Å². The lowest BCUT2D eigenvalue weighted by Crippen LogP contribution is -2.35. The van der Waals surface area contributed by atoms with E-state index in [4.69, 9.17) is 11.6 Å². The van der Waals surface area contributed by atoms with Crippen LogP contribution in [-0.4, -0.2) is 10.9 Å². The van der Waals surface area contributed by atoms with Crippen LogP contribution in [-0.2, 0) is 16.8 Å². The zero-order chi connectivity index (χ0) is 18.1. The summed E-state index contributed by atoms with van der Waals surface area (Å²) in [4.78, 5) is 16.9. The number of amides is 1. The smallest absolute Gasteiger partial charge is 0.226 e. The Morgan fingerprint density at radius 3 is 2.69 bits per heavy atom. The molecule has 1 heterocycles. The summed E-state index contributed by atoms with van der Waals surface area (Å²) < 4.78 is 13.4. The van der Waals surface area contributed by atoms with E-state index < -0.39 is 0 Å². The summed E-state index contributed by atoms with van der Waals surface area (Å²) >= 11 is 7.35. The molecule has 1 amide bonds. The molecule has 0 saturated heterocycles. The predicted molar refractivity (Wildman–Crippen MR) is 102 cm³/mol. The number of benzene rings is 2. The number of nitrogens with one attached hydrogen (secondary N) is 1. The zero-order valence-electron chi connectivity index (χ0n) is 13.8. The number of carbonyl (C=O) groups is 1. The summed E-state index contributed by atoms with van der Waals surface area (Å²) in [5, 5.41) is 6.38. The van der Waals surface area contributed by atoms with Crippen molar-refractivity contribution in [3.8, 4) is 10.6 Å². The van der Waals surface area contributed by atoms with Gasteiger partial charge in [-0.1, -0.05) is 35.9 Å². The van der Waals surface area contributed by atoms with Crippen LogP contribution in [0, 0.1) is 5.82 Å². The van der Waals surface area contributed by atoms with Crippen molar-refractivity contribution in [2.75, 3.05) is 0 Å². The fourth-order valence-corrected chi connectivity index (χ4v) is 3.94. The Hall–Kier alpha value is -2.24. The van der Waals surface area contributed by atoms with Gasteiger partial charge >= 0.3 is 0 Å². The van der Waals surface area contributed by atoms with Crippen molar-refractivity contribution >= 4 is 28.8 Å². The maximum Gasteiger partial charge on any atom is 0.226 e. The number of nitrogens with zero attached hydrogens (tertiary/aromatic N) is 1. The van der Waals surface area contributed by atoms with Crippen LogP contribution in [0.4, 0.5) is 4.39 Å². The number of carbonyl (C=O) groups excluding carboxylic acids is 1. The molecule has 0 atom stereocenters. The molecule has 132 valence electrons. The molecular weight excluding hydrogens is 371 g/mol. The Bertz CT molecular complexity index is 950. The second kappa shape index (κ2) is 6.82. The topological polar surface area (TPSA) is 42.0 Å². The Kier molecular flexibility index (Phi) is 4.51. The molecule has 0 unspecified atom stereocenters. The van der Waals surface area contributed by atoms with E-state index in [1.165, 1.54) is 23.5 Å². The summed E-state index contributed by atoms with van der Waals surface area (Å²) in [5.41, 5.74) is 2.22. The molecule has 1 aliphatic carbocycles. The third kappa shape index (κ3) is 3.64. The molecule has 0 aliphatic heterocycles. The minimum Gasteiger partial charge on any atom is -0.346 e. The van der Waals surface area contributed by atoms with Crippen molar-refractivity contribution in [3.05, 3.63) is 76.0 Å². The molecule has 1 N–H and O–H groups in total. The number of rotatable bonds is 5. The average molecular weight is 387 g/mol.